The molecular formula is C16H21N3O2. The molecule has 21 heavy (non-hydrogen) atoms. The van der Waals surface area contributed by atoms with Crippen LogP contribution in [0.25, 0.3) is 10.9 Å². The average Bonchev–Trinajstić information content (AvgIpc) is 2.86. The maximum absolute atomic E-state index is 12.0. The predicted molar refractivity (Wildman–Crippen MR) is 81.8 cm³/mol. The second-order valence-electron chi connectivity index (χ2n) is 5.97. The molecule has 5 heteroatoms. The van der Waals surface area contributed by atoms with Crippen LogP contribution >= 0.6 is 0 Å². The fraction of sp³-hybridized carbons (Fsp3) is 0.438. The number of benzene rings is 1. The highest BCUT2D eigenvalue weighted by Crippen LogP contribution is 2.30. The minimum atomic E-state index is -0.712. The van der Waals surface area contributed by atoms with Crippen LogP contribution in [0.15, 0.2) is 30.5 Å². The van der Waals surface area contributed by atoms with Gasteiger partial charge in [0.1, 0.15) is 0 Å². The number of carbonyl (C=O) groups is 1. The number of para-hydroxylation sites is 1. The monoisotopic (exact) mass is 287 g/mol. The molecule has 1 aliphatic carbocycles. The van der Waals surface area contributed by atoms with E-state index in [0.29, 0.717) is 13.0 Å². The van der Waals surface area contributed by atoms with Gasteiger partial charge < -0.3 is 21.1 Å². The molecule has 1 heterocycles. The van der Waals surface area contributed by atoms with Crippen LogP contribution in [0.4, 0.5) is 0 Å². The Labute approximate surface area is 123 Å². The molecule has 0 saturated heterocycles. The molecule has 0 bridgehead atoms. The summed E-state index contributed by atoms with van der Waals surface area (Å²) in [6.07, 6.45) is 4.91. The van der Waals surface area contributed by atoms with Gasteiger partial charge >= 0.3 is 0 Å². The molecule has 5 nitrogen and oxygen atoms in total. The third-order valence-corrected chi connectivity index (χ3v) is 4.33. The van der Waals surface area contributed by atoms with Gasteiger partial charge in [0.15, 0.2) is 0 Å². The van der Waals surface area contributed by atoms with Crippen molar-refractivity contribution in [1.82, 2.24) is 10.3 Å². The van der Waals surface area contributed by atoms with Crippen molar-refractivity contribution in [2.45, 2.75) is 37.3 Å². The van der Waals surface area contributed by atoms with Crippen molar-refractivity contribution in [3.63, 3.8) is 0 Å². The normalized spacial score (nSPS) is 18.2. The van der Waals surface area contributed by atoms with E-state index in [-0.39, 0.29) is 5.91 Å². The molecule has 0 unspecified atom stereocenters. The number of aromatic amines is 1. The van der Waals surface area contributed by atoms with E-state index in [1.54, 1.807) is 0 Å². The van der Waals surface area contributed by atoms with Crippen LogP contribution in [-0.2, 0) is 11.2 Å². The van der Waals surface area contributed by atoms with E-state index in [0.717, 1.165) is 35.7 Å². The number of nitrogens with two attached hydrogens (primary N) is 1. The van der Waals surface area contributed by atoms with Crippen LogP contribution in [0.5, 0.6) is 0 Å². The zero-order chi connectivity index (χ0) is 14.9. The van der Waals surface area contributed by atoms with Crippen molar-refractivity contribution in [2.75, 3.05) is 6.54 Å². The number of aromatic nitrogens is 1. The minimum Gasteiger partial charge on any atom is -0.388 e. The van der Waals surface area contributed by atoms with E-state index in [9.17, 15) is 9.90 Å². The van der Waals surface area contributed by atoms with Gasteiger partial charge in [0.2, 0.25) is 5.91 Å². The molecule has 112 valence electrons. The summed E-state index contributed by atoms with van der Waals surface area (Å²) < 4.78 is 0. The summed E-state index contributed by atoms with van der Waals surface area (Å²) in [6, 6.07) is 7.35. The molecule has 0 spiro atoms. The Morgan fingerprint density at radius 2 is 2.19 bits per heavy atom. The van der Waals surface area contributed by atoms with Gasteiger partial charge in [-0.25, -0.2) is 0 Å². The highest BCUT2D eigenvalue weighted by molar-refractivity contribution is 5.86. The lowest BCUT2D eigenvalue weighted by Gasteiger charge is -2.36. The first-order valence-corrected chi connectivity index (χ1v) is 7.38. The zero-order valence-electron chi connectivity index (χ0n) is 11.9. The zero-order valence-corrected chi connectivity index (χ0v) is 11.9. The van der Waals surface area contributed by atoms with Gasteiger partial charge in [0.05, 0.1) is 11.6 Å². The minimum absolute atomic E-state index is 0.208. The Balaban J connectivity index is 1.60. The molecule has 0 aliphatic heterocycles. The van der Waals surface area contributed by atoms with Crippen LogP contribution < -0.4 is 11.1 Å². The number of aliphatic hydroxyl groups is 1. The molecule has 1 atom stereocenters. The summed E-state index contributed by atoms with van der Waals surface area (Å²) in [5.41, 5.74) is 7.35. The van der Waals surface area contributed by atoms with Crippen LogP contribution in [0.2, 0.25) is 0 Å². The Bertz CT molecular complexity index is 646. The van der Waals surface area contributed by atoms with Crippen LogP contribution in [0, 0.1) is 0 Å². The fourth-order valence-electron chi connectivity index (χ4n) is 2.77. The van der Waals surface area contributed by atoms with E-state index >= 15 is 0 Å². The number of fused-ring (bicyclic) bond motifs is 1. The number of rotatable bonds is 5. The van der Waals surface area contributed by atoms with E-state index in [1.807, 2.05) is 30.5 Å². The second-order valence-corrected chi connectivity index (χ2v) is 5.97. The first-order valence-electron chi connectivity index (χ1n) is 7.38. The second kappa shape index (κ2) is 5.50. The third-order valence-electron chi connectivity index (χ3n) is 4.33. The molecule has 2 aromatic rings. The highest BCUT2D eigenvalue weighted by atomic mass is 16.3. The SMILES string of the molecule is N[C@@H](Cc1c[nH]c2ccccc12)C(=O)NCC1(O)CCC1. The van der Waals surface area contributed by atoms with Crippen LogP contribution in [0.1, 0.15) is 24.8 Å². The van der Waals surface area contributed by atoms with Crippen molar-refractivity contribution in [1.29, 1.82) is 0 Å². The van der Waals surface area contributed by atoms with E-state index in [1.165, 1.54) is 0 Å². The molecule has 1 amide bonds. The lowest BCUT2D eigenvalue weighted by molar-refractivity contribution is -0.124. The van der Waals surface area contributed by atoms with Gasteiger partial charge in [-0.05, 0) is 37.3 Å². The molecule has 1 saturated carbocycles. The Hall–Kier alpha value is -1.85. The summed E-state index contributed by atoms with van der Waals surface area (Å²) in [5, 5.41) is 13.8. The summed E-state index contributed by atoms with van der Waals surface area (Å²) in [7, 11) is 0. The number of hydrogen-bond donors (Lipinski definition) is 4. The molecule has 1 aromatic carbocycles. The van der Waals surface area contributed by atoms with Crippen molar-refractivity contribution >= 4 is 16.8 Å². The van der Waals surface area contributed by atoms with Gasteiger partial charge in [-0.2, -0.15) is 0 Å². The number of hydrogen-bond acceptors (Lipinski definition) is 3. The summed E-state index contributed by atoms with van der Waals surface area (Å²) in [4.78, 5) is 15.2. The average molecular weight is 287 g/mol. The Morgan fingerprint density at radius 1 is 1.43 bits per heavy atom. The Kier molecular flexibility index (Phi) is 3.69. The number of carbonyl (C=O) groups excluding carboxylic acids is 1. The lowest BCUT2D eigenvalue weighted by atomic mass is 9.80. The molecule has 3 rings (SSSR count). The molecule has 1 aromatic heterocycles. The number of nitrogens with one attached hydrogen (secondary N) is 2. The largest absolute Gasteiger partial charge is 0.388 e. The first-order chi connectivity index (χ1) is 10.1. The van der Waals surface area contributed by atoms with E-state index < -0.39 is 11.6 Å². The predicted octanol–water partition coefficient (Wildman–Crippen LogP) is 1.07. The van der Waals surface area contributed by atoms with E-state index in [2.05, 4.69) is 10.3 Å². The van der Waals surface area contributed by atoms with Gasteiger partial charge in [-0.15, -0.1) is 0 Å². The lowest BCUT2D eigenvalue weighted by Crippen LogP contribution is -2.51. The standard InChI is InChI=1S/C16H21N3O2/c17-13(15(20)19-10-16(21)6-3-7-16)8-11-9-18-14-5-2-1-4-12(11)14/h1-2,4-5,9,13,18,21H,3,6-8,10,17H2,(H,19,20)/t13-/m0/s1. The maximum atomic E-state index is 12.0. The van der Waals surface area contributed by atoms with E-state index in [4.69, 9.17) is 5.73 Å². The topological polar surface area (TPSA) is 91.1 Å². The molecule has 5 N–H and O–H groups in total. The summed E-state index contributed by atoms with van der Waals surface area (Å²) in [6.45, 7) is 0.299. The number of amides is 1. The first kappa shape index (κ1) is 14.1. The molecule has 1 fully saturated rings. The molecule has 1 aliphatic rings. The Morgan fingerprint density at radius 3 is 2.90 bits per heavy atom. The summed E-state index contributed by atoms with van der Waals surface area (Å²) >= 11 is 0. The smallest absolute Gasteiger partial charge is 0.237 e. The van der Waals surface area contributed by atoms with Gasteiger partial charge in [-0.1, -0.05) is 18.2 Å². The summed E-state index contributed by atoms with van der Waals surface area (Å²) in [5.74, 6) is -0.208. The maximum Gasteiger partial charge on any atom is 0.237 e. The van der Waals surface area contributed by atoms with Gasteiger partial charge in [-0.3, -0.25) is 4.79 Å². The molecular weight excluding hydrogens is 266 g/mol. The highest BCUT2D eigenvalue weighted by Gasteiger charge is 2.34. The quantitative estimate of drug-likeness (QED) is 0.663. The van der Waals surface area contributed by atoms with Gasteiger partial charge in [0.25, 0.3) is 0 Å². The fourth-order valence-corrected chi connectivity index (χ4v) is 2.77. The van der Waals surface area contributed by atoms with Crippen molar-refractivity contribution in [2.24, 2.45) is 5.73 Å². The van der Waals surface area contributed by atoms with Crippen molar-refractivity contribution < 1.29 is 9.90 Å². The van der Waals surface area contributed by atoms with Crippen LogP contribution in [0.3, 0.4) is 0 Å². The van der Waals surface area contributed by atoms with Crippen LogP contribution in [-0.4, -0.2) is 34.2 Å². The van der Waals surface area contributed by atoms with Gasteiger partial charge in [0, 0.05) is 23.6 Å². The molecule has 0 radical (unpaired) electrons. The third kappa shape index (κ3) is 2.94. The van der Waals surface area contributed by atoms with Crippen molar-refractivity contribution in [3.8, 4) is 0 Å². The number of H-pyrrole nitrogens is 1. The van der Waals surface area contributed by atoms with Crippen molar-refractivity contribution in [3.05, 3.63) is 36.0 Å².